The SMILES string of the molecule is CCOc1cccc2cc(C(=O)Nc3nnc(Cc4ccc(C(C)C)cc4)o3)oc12. The van der Waals surface area contributed by atoms with E-state index >= 15 is 0 Å². The lowest BCUT2D eigenvalue weighted by atomic mass is 10.0. The first-order chi connectivity index (χ1) is 14.5. The van der Waals surface area contributed by atoms with Gasteiger partial charge in [-0.25, -0.2) is 0 Å². The zero-order valence-electron chi connectivity index (χ0n) is 17.1. The van der Waals surface area contributed by atoms with Crippen molar-refractivity contribution in [3.63, 3.8) is 0 Å². The van der Waals surface area contributed by atoms with Crippen LogP contribution in [0.5, 0.6) is 5.75 Å². The summed E-state index contributed by atoms with van der Waals surface area (Å²) in [7, 11) is 0. The molecule has 4 aromatic rings. The molecule has 2 heterocycles. The van der Waals surface area contributed by atoms with Crippen molar-refractivity contribution in [3.8, 4) is 5.75 Å². The minimum Gasteiger partial charge on any atom is -0.490 e. The van der Waals surface area contributed by atoms with Crippen LogP contribution in [0.25, 0.3) is 11.0 Å². The molecule has 0 bridgehead atoms. The number of nitrogens with one attached hydrogen (secondary N) is 1. The smallest absolute Gasteiger partial charge is 0.322 e. The largest absolute Gasteiger partial charge is 0.490 e. The van der Waals surface area contributed by atoms with Crippen LogP contribution in [0.4, 0.5) is 6.01 Å². The maximum absolute atomic E-state index is 12.5. The quantitative estimate of drug-likeness (QED) is 0.455. The lowest BCUT2D eigenvalue weighted by Crippen LogP contribution is -2.11. The average Bonchev–Trinajstić information content (AvgIpc) is 3.36. The highest BCUT2D eigenvalue weighted by atomic mass is 16.5. The molecule has 0 saturated heterocycles. The van der Waals surface area contributed by atoms with Gasteiger partial charge in [0.1, 0.15) is 0 Å². The number of furan rings is 1. The summed E-state index contributed by atoms with van der Waals surface area (Å²) in [6.45, 7) is 6.71. The number of anilines is 1. The number of carbonyl (C=O) groups is 1. The Morgan fingerprint density at radius 3 is 2.63 bits per heavy atom. The van der Waals surface area contributed by atoms with Crippen LogP contribution in [-0.4, -0.2) is 22.7 Å². The van der Waals surface area contributed by atoms with Crippen LogP contribution in [0.1, 0.15) is 54.3 Å². The van der Waals surface area contributed by atoms with Crippen molar-refractivity contribution in [1.82, 2.24) is 10.2 Å². The number of hydrogen-bond acceptors (Lipinski definition) is 6. The Morgan fingerprint density at radius 1 is 1.10 bits per heavy atom. The molecule has 0 aliphatic carbocycles. The molecule has 0 aliphatic heterocycles. The molecule has 154 valence electrons. The summed E-state index contributed by atoms with van der Waals surface area (Å²) in [4.78, 5) is 12.5. The first-order valence-electron chi connectivity index (χ1n) is 9.91. The summed E-state index contributed by atoms with van der Waals surface area (Å²) in [5, 5.41) is 11.3. The van der Waals surface area contributed by atoms with E-state index in [9.17, 15) is 4.79 Å². The number of benzene rings is 2. The lowest BCUT2D eigenvalue weighted by Gasteiger charge is -2.05. The fourth-order valence-electron chi connectivity index (χ4n) is 3.15. The van der Waals surface area contributed by atoms with Gasteiger partial charge in [0.05, 0.1) is 13.0 Å². The van der Waals surface area contributed by atoms with Gasteiger partial charge in [-0.05, 0) is 36.1 Å². The van der Waals surface area contributed by atoms with Gasteiger partial charge in [0, 0.05) is 5.39 Å². The molecule has 1 N–H and O–H groups in total. The molecule has 2 aromatic carbocycles. The summed E-state index contributed by atoms with van der Waals surface area (Å²) < 4.78 is 16.8. The molecule has 0 unspecified atom stereocenters. The van der Waals surface area contributed by atoms with Crippen molar-refractivity contribution >= 4 is 22.9 Å². The fourth-order valence-corrected chi connectivity index (χ4v) is 3.15. The Kier molecular flexibility index (Phi) is 5.52. The summed E-state index contributed by atoms with van der Waals surface area (Å²) in [6.07, 6.45) is 0.490. The van der Waals surface area contributed by atoms with Crippen molar-refractivity contribution < 1.29 is 18.4 Å². The van der Waals surface area contributed by atoms with Gasteiger partial charge >= 0.3 is 6.01 Å². The monoisotopic (exact) mass is 405 g/mol. The molecule has 4 rings (SSSR count). The standard InChI is InChI=1S/C23H23N3O4/c1-4-28-18-7-5-6-17-13-19(29-21(17)18)22(27)24-23-26-25-20(30-23)12-15-8-10-16(11-9-15)14(2)3/h5-11,13-14H,4,12H2,1-3H3,(H,24,26,27). The van der Waals surface area contributed by atoms with Crippen LogP contribution < -0.4 is 10.1 Å². The average molecular weight is 405 g/mol. The van der Waals surface area contributed by atoms with Gasteiger partial charge in [0.15, 0.2) is 17.1 Å². The first kappa shape index (κ1) is 19.7. The number of amides is 1. The number of para-hydroxylation sites is 1. The maximum atomic E-state index is 12.5. The highest BCUT2D eigenvalue weighted by molar-refractivity contribution is 6.04. The van der Waals surface area contributed by atoms with E-state index in [1.54, 1.807) is 12.1 Å². The third-order valence-corrected chi connectivity index (χ3v) is 4.72. The Labute approximate surface area is 174 Å². The normalized spacial score (nSPS) is 11.2. The summed E-state index contributed by atoms with van der Waals surface area (Å²) in [5.74, 6) is 1.17. The molecule has 0 atom stereocenters. The van der Waals surface area contributed by atoms with Crippen LogP contribution in [0, 0.1) is 0 Å². The minimum atomic E-state index is -0.467. The highest BCUT2D eigenvalue weighted by Crippen LogP contribution is 2.29. The van der Waals surface area contributed by atoms with Crippen LogP contribution in [0.3, 0.4) is 0 Å². The Bertz CT molecular complexity index is 1160. The molecular weight excluding hydrogens is 382 g/mol. The predicted octanol–water partition coefficient (Wildman–Crippen LogP) is 5.18. The van der Waals surface area contributed by atoms with Crippen molar-refractivity contribution in [2.75, 3.05) is 11.9 Å². The molecule has 0 saturated carbocycles. The number of fused-ring (bicyclic) bond motifs is 1. The van der Waals surface area contributed by atoms with Crippen molar-refractivity contribution in [2.45, 2.75) is 33.1 Å². The molecule has 2 aromatic heterocycles. The van der Waals surface area contributed by atoms with E-state index in [0.717, 1.165) is 10.9 Å². The molecule has 7 nitrogen and oxygen atoms in total. The van der Waals surface area contributed by atoms with E-state index in [0.29, 0.717) is 36.2 Å². The van der Waals surface area contributed by atoms with Crippen molar-refractivity contribution in [1.29, 1.82) is 0 Å². The second kappa shape index (κ2) is 8.41. The Morgan fingerprint density at radius 2 is 1.90 bits per heavy atom. The Hall–Kier alpha value is -3.61. The summed E-state index contributed by atoms with van der Waals surface area (Å²) in [5.41, 5.74) is 2.86. The topological polar surface area (TPSA) is 90.4 Å². The van der Waals surface area contributed by atoms with E-state index in [1.807, 2.05) is 31.2 Å². The van der Waals surface area contributed by atoms with Crippen molar-refractivity contribution in [3.05, 3.63) is 71.3 Å². The van der Waals surface area contributed by atoms with Crippen LogP contribution in [0.15, 0.2) is 57.4 Å². The zero-order chi connectivity index (χ0) is 21.1. The predicted molar refractivity (Wildman–Crippen MR) is 113 cm³/mol. The zero-order valence-corrected chi connectivity index (χ0v) is 17.1. The molecular formula is C23H23N3O4. The number of aromatic nitrogens is 2. The number of carbonyl (C=O) groups excluding carboxylic acids is 1. The first-order valence-corrected chi connectivity index (χ1v) is 9.91. The van der Waals surface area contributed by atoms with Gasteiger partial charge in [-0.15, -0.1) is 5.10 Å². The van der Waals surface area contributed by atoms with Gasteiger partial charge in [0.25, 0.3) is 5.91 Å². The number of rotatable bonds is 7. The van der Waals surface area contributed by atoms with E-state index in [1.165, 1.54) is 5.56 Å². The minimum absolute atomic E-state index is 0.0271. The molecule has 0 fully saturated rings. The van der Waals surface area contributed by atoms with Gasteiger partial charge < -0.3 is 13.6 Å². The van der Waals surface area contributed by atoms with E-state index < -0.39 is 5.91 Å². The third kappa shape index (κ3) is 4.20. The molecule has 7 heteroatoms. The van der Waals surface area contributed by atoms with E-state index in [2.05, 4.69) is 41.5 Å². The van der Waals surface area contributed by atoms with Gasteiger partial charge in [-0.1, -0.05) is 55.3 Å². The molecule has 0 radical (unpaired) electrons. The number of nitrogens with zero attached hydrogens (tertiary/aromatic N) is 2. The van der Waals surface area contributed by atoms with Crippen LogP contribution >= 0.6 is 0 Å². The van der Waals surface area contributed by atoms with Crippen LogP contribution in [0.2, 0.25) is 0 Å². The fraction of sp³-hybridized carbons (Fsp3) is 0.261. The second-order valence-corrected chi connectivity index (χ2v) is 7.25. The second-order valence-electron chi connectivity index (χ2n) is 7.25. The van der Waals surface area contributed by atoms with Crippen LogP contribution in [-0.2, 0) is 6.42 Å². The maximum Gasteiger partial charge on any atom is 0.322 e. The van der Waals surface area contributed by atoms with Gasteiger partial charge in [-0.2, -0.15) is 0 Å². The summed E-state index contributed by atoms with van der Waals surface area (Å²) in [6, 6.07) is 15.5. The number of hydrogen-bond donors (Lipinski definition) is 1. The highest BCUT2D eigenvalue weighted by Gasteiger charge is 2.18. The van der Waals surface area contributed by atoms with Crippen molar-refractivity contribution in [2.24, 2.45) is 0 Å². The lowest BCUT2D eigenvalue weighted by molar-refractivity contribution is 0.0995. The molecule has 30 heavy (non-hydrogen) atoms. The number of ether oxygens (including phenoxy) is 1. The van der Waals surface area contributed by atoms with E-state index in [-0.39, 0.29) is 11.8 Å². The third-order valence-electron chi connectivity index (χ3n) is 4.72. The van der Waals surface area contributed by atoms with Gasteiger partial charge in [0.2, 0.25) is 5.89 Å². The Balaban J connectivity index is 1.45. The molecule has 0 spiro atoms. The summed E-state index contributed by atoms with van der Waals surface area (Å²) >= 11 is 0. The van der Waals surface area contributed by atoms with E-state index in [4.69, 9.17) is 13.6 Å². The van der Waals surface area contributed by atoms with Gasteiger partial charge in [-0.3, -0.25) is 10.1 Å². The molecule has 0 aliphatic rings. The molecule has 1 amide bonds.